The van der Waals surface area contributed by atoms with Crippen molar-refractivity contribution in [1.82, 2.24) is 5.32 Å². The van der Waals surface area contributed by atoms with E-state index in [9.17, 15) is 14.0 Å². The van der Waals surface area contributed by atoms with Crippen molar-refractivity contribution >= 4 is 66.5 Å². The zero-order valence-electron chi connectivity index (χ0n) is 15.7. The first-order valence-electron chi connectivity index (χ1n) is 9.29. The lowest BCUT2D eigenvalue weighted by atomic mass is 9.96. The number of hydrogen-bond donors (Lipinski definition) is 2. The van der Waals surface area contributed by atoms with Crippen molar-refractivity contribution in [3.05, 3.63) is 97.5 Å². The minimum absolute atomic E-state index is 0.291. The summed E-state index contributed by atoms with van der Waals surface area (Å²) in [6.07, 6.45) is 0. The van der Waals surface area contributed by atoms with Crippen LogP contribution in [-0.4, -0.2) is 11.8 Å². The van der Waals surface area contributed by atoms with Gasteiger partial charge in [-0.15, -0.1) is 11.3 Å². The standard InChI is InChI=1S/C23H13BrClFN2O2S/c24-11-7-15-20(21(28-22(15)29)14-9-12(26)5-6-17(14)25)18(8-11)27-23(30)16-10-31-19-4-2-1-3-13(16)19/h1-10,21H,(H,27,30)(H,28,29). The van der Waals surface area contributed by atoms with Crippen LogP contribution in [-0.2, 0) is 0 Å². The number of halogens is 3. The largest absolute Gasteiger partial charge is 0.341 e. The topological polar surface area (TPSA) is 58.2 Å². The highest BCUT2D eigenvalue weighted by Gasteiger charge is 2.34. The summed E-state index contributed by atoms with van der Waals surface area (Å²) in [5, 5.41) is 8.78. The predicted molar refractivity (Wildman–Crippen MR) is 125 cm³/mol. The number of anilines is 1. The van der Waals surface area contributed by atoms with Crippen LogP contribution in [0.5, 0.6) is 0 Å². The third kappa shape index (κ3) is 3.52. The van der Waals surface area contributed by atoms with E-state index < -0.39 is 11.9 Å². The summed E-state index contributed by atoms with van der Waals surface area (Å²) >= 11 is 11.2. The smallest absolute Gasteiger partial charge is 0.257 e. The Bertz CT molecular complexity index is 1390. The van der Waals surface area contributed by atoms with Crippen molar-refractivity contribution < 1.29 is 14.0 Å². The summed E-state index contributed by atoms with van der Waals surface area (Å²) in [5.74, 6) is -1.08. The first-order valence-corrected chi connectivity index (χ1v) is 11.3. The number of hydrogen-bond acceptors (Lipinski definition) is 3. The number of rotatable bonds is 3. The van der Waals surface area contributed by atoms with Crippen molar-refractivity contribution in [2.45, 2.75) is 6.04 Å². The van der Waals surface area contributed by atoms with E-state index in [0.29, 0.717) is 37.4 Å². The van der Waals surface area contributed by atoms with Gasteiger partial charge in [-0.3, -0.25) is 9.59 Å². The van der Waals surface area contributed by atoms with Gasteiger partial charge < -0.3 is 10.6 Å². The Balaban J connectivity index is 1.61. The van der Waals surface area contributed by atoms with E-state index in [2.05, 4.69) is 26.6 Å². The molecule has 4 nitrogen and oxygen atoms in total. The molecule has 1 atom stereocenters. The minimum atomic E-state index is -0.687. The molecule has 5 rings (SSSR count). The molecular weight excluding hydrogens is 503 g/mol. The molecule has 1 aliphatic heterocycles. The number of nitrogens with one attached hydrogen (secondary N) is 2. The van der Waals surface area contributed by atoms with Gasteiger partial charge in [-0.05, 0) is 36.4 Å². The van der Waals surface area contributed by atoms with Crippen LogP contribution in [0, 0.1) is 5.82 Å². The second-order valence-electron chi connectivity index (χ2n) is 7.09. The van der Waals surface area contributed by atoms with Gasteiger partial charge in [-0.1, -0.05) is 45.7 Å². The molecule has 1 aliphatic rings. The molecule has 0 fully saturated rings. The summed E-state index contributed by atoms with van der Waals surface area (Å²) < 4.78 is 15.6. The van der Waals surface area contributed by atoms with Gasteiger partial charge in [0.2, 0.25) is 0 Å². The van der Waals surface area contributed by atoms with Gasteiger partial charge in [0.05, 0.1) is 11.6 Å². The average molecular weight is 516 g/mol. The minimum Gasteiger partial charge on any atom is -0.341 e. The number of fused-ring (bicyclic) bond motifs is 2. The summed E-state index contributed by atoms with van der Waals surface area (Å²) in [6, 6.07) is 14.4. The van der Waals surface area contributed by atoms with Crippen LogP contribution in [0.25, 0.3) is 10.1 Å². The Kier molecular flexibility index (Phi) is 5.04. The Hall–Kier alpha value is -2.74. The number of amides is 2. The maximum absolute atomic E-state index is 13.9. The summed E-state index contributed by atoms with van der Waals surface area (Å²) in [5.41, 5.74) is 2.37. The van der Waals surface area contributed by atoms with E-state index in [0.717, 1.165) is 10.1 Å². The van der Waals surface area contributed by atoms with Gasteiger partial charge >= 0.3 is 0 Å². The normalized spacial score (nSPS) is 15.1. The SMILES string of the molecule is O=C1NC(c2cc(F)ccc2Cl)c2c(NC(=O)c3csc4ccccc34)cc(Br)cc21. The second kappa shape index (κ2) is 7.75. The quantitative estimate of drug-likeness (QED) is 0.325. The molecule has 2 amide bonds. The molecule has 0 spiro atoms. The lowest BCUT2D eigenvalue weighted by molar-refractivity contribution is 0.0959. The van der Waals surface area contributed by atoms with Crippen molar-refractivity contribution in [1.29, 1.82) is 0 Å². The van der Waals surface area contributed by atoms with E-state index in [1.54, 1.807) is 12.1 Å². The van der Waals surface area contributed by atoms with Gasteiger partial charge in [-0.2, -0.15) is 0 Å². The van der Waals surface area contributed by atoms with Gasteiger partial charge in [0.15, 0.2) is 0 Å². The van der Waals surface area contributed by atoms with Crippen LogP contribution in [0.3, 0.4) is 0 Å². The molecule has 0 bridgehead atoms. The fourth-order valence-electron chi connectivity index (χ4n) is 3.81. The summed E-state index contributed by atoms with van der Waals surface area (Å²) in [6.45, 7) is 0. The Morgan fingerprint density at radius 2 is 1.97 bits per heavy atom. The van der Waals surface area contributed by atoms with Gasteiger partial charge in [0, 0.05) is 47.3 Å². The van der Waals surface area contributed by atoms with Crippen LogP contribution in [0.15, 0.2) is 64.5 Å². The number of carbonyl (C=O) groups excluding carboxylic acids is 2. The van der Waals surface area contributed by atoms with Gasteiger partial charge in [0.25, 0.3) is 11.8 Å². The molecule has 8 heteroatoms. The fraction of sp³-hybridized carbons (Fsp3) is 0.0435. The monoisotopic (exact) mass is 514 g/mol. The van der Waals surface area contributed by atoms with Crippen LogP contribution in [0.2, 0.25) is 5.02 Å². The third-order valence-electron chi connectivity index (χ3n) is 5.20. The van der Waals surface area contributed by atoms with Crippen LogP contribution >= 0.6 is 38.9 Å². The Labute approximate surface area is 194 Å². The average Bonchev–Trinajstić information content (AvgIpc) is 3.31. The van der Waals surface area contributed by atoms with Crippen molar-refractivity contribution in [2.24, 2.45) is 0 Å². The fourth-order valence-corrected chi connectivity index (χ4v) is 5.44. The lowest BCUT2D eigenvalue weighted by Gasteiger charge is -2.18. The first kappa shape index (κ1) is 20.2. The zero-order chi connectivity index (χ0) is 21.7. The molecule has 1 aromatic heterocycles. The van der Waals surface area contributed by atoms with E-state index >= 15 is 0 Å². The number of thiophene rings is 1. The van der Waals surface area contributed by atoms with Crippen molar-refractivity contribution in [3.8, 4) is 0 Å². The van der Waals surface area contributed by atoms with Crippen molar-refractivity contribution in [3.63, 3.8) is 0 Å². The summed E-state index contributed by atoms with van der Waals surface area (Å²) in [7, 11) is 0. The Morgan fingerprint density at radius 1 is 1.16 bits per heavy atom. The van der Waals surface area contributed by atoms with Gasteiger partial charge in [0.1, 0.15) is 5.82 Å². The maximum Gasteiger partial charge on any atom is 0.257 e. The highest BCUT2D eigenvalue weighted by atomic mass is 79.9. The van der Waals surface area contributed by atoms with E-state index in [1.165, 1.54) is 29.5 Å². The van der Waals surface area contributed by atoms with Crippen LogP contribution < -0.4 is 10.6 Å². The molecule has 31 heavy (non-hydrogen) atoms. The van der Waals surface area contributed by atoms with E-state index in [4.69, 9.17) is 11.6 Å². The molecule has 2 heterocycles. The summed E-state index contributed by atoms with van der Waals surface area (Å²) in [4.78, 5) is 25.8. The Morgan fingerprint density at radius 3 is 2.81 bits per heavy atom. The van der Waals surface area contributed by atoms with E-state index in [1.807, 2.05) is 29.6 Å². The highest BCUT2D eigenvalue weighted by molar-refractivity contribution is 9.10. The number of carbonyl (C=O) groups is 2. The molecule has 0 saturated carbocycles. The lowest BCUT2D eigenvalue weighted by Crippen LogP contribution is -2.21. The number of benzene rings is 3. The highest BCUT2D eigenvalue weighted by Crippen LogP contribution is 2.41. The predicted octanol–water partition coefficient (Wildman–Crippen LogP) is 6.54. The molecule has 0 radical (unpaired) electrons. The molecule has 3 aromatic carbocycles. The molecular formula is C23H13BrClFN2O2S. The van der Waals surface area contributed by atoms with E-state index in [-0.39, 0.29) is 11.8 Å². The molecule has 2 N–H and O–H groups in total. The molecule has 154 valence electrons. The zero-order valence-corrected chi connectivity index (χ0v) is 18.9. The molecule has 1 unspecified atom stereocenters. The molecule has 0 saturated heterocycles. The van der Waals surface area contributed by atoms with Crippen LogP contribution in [0.1, 0.15) is 37.9 Å². The van der Waals surface area contributed by atoms with Gasteiger partial charge in [-0.25, -0.2) is 4.39 Å². The maximum atomic E-state index is 13.9. The van der Waals surface area contributed by atoms with Crippen LogP contribution in [0.4, 0.5) is 10.1 Å². The van der Waals surface area contributed by atoms with Crippen molar-refractivity contribution in [2.75, 3.05) is 5.32 Å². The first-order chi connectivity index (χ1) is 14.9. The molecule has 4 aromatic rings. The second-order valence-corrected chi connectivity index (χ2v) is 9.32. The molecule has 0 aliphatic carbocycles. The third-order valence-corrected chi connectivity index (χ3v) is 6.96.